The van der Waals surface area contributed by atoms with Crippen molar-refractivity contribution >= 4 is 23.8 Å². The fourth-order valence-electron chi connectivity index (χ4n) is 3.57. The lowest BCUT2D eigenvalue weighted by molar-refractivity contribution is -0.144. The Balaban J connectivity index is 1.72. The van der Waals surface area contributed by atoms with Crippen molar-refractivity contribution in [2.24, 2.45) is 0 Å². The van der Waals surface area contributed by atoms with Gasteiger partial charge in [0.25, 0.3) is 0 Å². The van der Waals surface area contributed by atoms with Crippen LogP contribution in [0.5, 0.6) is 11.5 Å². The molecule has 1 aliphatic heterocycles. The van der Waals surface area contributed by atoms with Crippen molar-refractivity contribution in [3.05, 3.63) is 59.7 Å². The van der Waals surface area contributed by atoms with Crippen LogP contribution in [-0.2, 0) is 14.4 Å². The van der Waals surface area contributed by atoms with Gasteiger partial charge >= 0.3 is 17.8 Å². The molecule has 0 bridgehead atoms. The number of carbonyl (C=O) groups is 4. The zero-order chi connectivity index (χ0) is 23.4. The minimum atomic E-state index is -1.03. The molecule has 32 heavy (non-hydrogen) atoms. The van der Waals surface area contributed by atoms with Crippen LogP contribution in [-0.4, -0.2) is 54.3 Å². The Hall–Kier alpha value is -3.88. The summed E-state index contributed by atoms with van der Waals surface area (Å²) in [4.78, 5) is 51.9. The third kappa shape index (κ3) is 4.41. The maximum absolute atomic E-state index is 12.8. The number of urea groups is 1. The highest BCUT2D eigenvalue weighted by atomic mass is 16.5. The zero-order valence-electron chi connectivity index (χ0n) is 18.3. The summed E-state index contributed by atoms with van der Waals surface area (Å²) in [5.74, 6) is -1.44. The van der Waals surface area contributed by atoms with E-state index in [1.54, 1.807) is 56.3 Å². The molecule has 2 aromatic rings. The van der Waals surface area contributed by atoms with Crippen molar-refractivity contribution < 1.29 is 28.7 Å². The molecule has 0 saturated carbocycles. The first kappa shape index (κ1) is 22.8. The molecule has 0 radical (unpaired) electrons. The maximum atomic E-state index is 12.8. The number of nitrogens with zero attached hydrogens (tertiary/aromatic N) is 2. The van der Waals surface area contributed by atoms with Crippen molar-refractivity contribution in [1.29, 1.82) is 0 Å². The van der Waals surface area contributed by atoms with Crippen LogP contribution in [0.2, 0.25) is 0 Å². The van der Waals surface area contributed by atoms with E-state index in [1.807, 2.05) is 6.07 Å². The van der Waals surface area contributed by atoms with Crippen molar-refractivity contribution in [3.8, 4) is 11.5 Å². The monoisotopic (exact) mass is 439 g/mol. The van der Waals surface area contributed by atoms with E-state index in [2.05, 4.69) is 5.32 Å². The minimum Gasteiger partial charge on any atom is -0.497 e. The van der Waals surface area contributed by atoms with Gasteiger partial charge in [0.05, 0.1) is 26.3 Å². The van der Waals surface area contributed by atoms with Crippen molar-refractivity contribution in [1.82, 2.24) is 15.1 Å². The molecule has 2 unspecified atom stereocenters. The minimum absolute atomic E-state index is 0.504. The number of hydrogen-bond donors (Lipinski definition) is 1. The molecule has 0 spiro atoms. The maximum Gasteiger partial charge on any atom is 0.335 e. The summed E-state index contributed by atoms with van der Waals surface area (Å²) in [5, 5.41) is 2.73. The molecule has 1 aliphatic rings. The van der Waals surface area contributed by atoms with Crippen LogP contribution in [0, 0.1) is 0 Å². The first-order valence-electron chi connectivity index (χ1n) is 10.0. The molecule has 3 rings (SSSR count). The largest absolute Gasteiger partial charge is 0.497 e. The lowest BCUT2D eigenvalue weighted by Crippen LogP contribution is -2.42. The quantitative estimate of drug-likeness (QED) is 0.500. The van der Waals surface area contributed by atoms with E-state index in [0.29, 0.717) is 27.5 Å². The summed E-state index contributed by atoms with van der Waals surface area (Å²) in [6, 6.07) is 12.1. The van der Waals surface area contributed by atoms with Crippen LogP contribution in [0.3, 0.4) is 0 Å². The van der Waals surface area contributed by atoms with Gasteiger partial charge in [0.15, 0.2) is 0 Å². The third-order valence-electron chi connectivity index (χ3n) is 5.34. The summed E-state index contributed by atoms with van der Waals surface area (Å²) in [7, 11) is 3.04. The highest BCUT2D eigenvalue weighted by Crippen LogP contribution is 2.29. The Morgan fingerprint density at radius 1 is 0.969 bits per heavy atom. The lowest BCUT2D eigenvalue weighted by atomic mass is 10.1. The molecule has 5 amide bonds. The number of amides is 5. The highest BCUT2D eigenvalue weighted by Gasteiger charge is 2.47. The van der Waals surface area contributed by atoms with E-state index in [1.165, 1.54) is 14.2 Å². The molecule has 1 saturated heterocycles. The molecular formula is C23H25N3O6. The van der Waals surface area contributed by atoms with Gasteiger partial charge in [-0.1, -0.05) is 30.3 Å². The van der Waals surface area contributed by atoms with E-state index in [0.717, 1.165) is 4.90 Å². The normalized spacial score (nSPS) is 15.6. The van der Waals surface area contributed by atoms with Gasteiger partial charge in [-0.2, -0.15) is 0 Å². The number of carbonyl (C=O) groups excluding carboxylic acids is 4. The van der Waals surface area contributed by atoms with Gasteiger partial charge in [-0.3, -0.25) is 14.4 Å². The van der Waals surface area contributed by atoms with E-state index < -0.39 is 42.4 Å². The zero-order valence-corrected chi connectivity index (χ0v) is 18.3. The number of ether oxygens (including phenoxy) is 2. The van der Waals surface area contributed by atoms with Gasteiger partial charge < -0.3 is 14.8 Å². The molecule has 1 fully saturated rings. The summed E-state index contributed by atoms with van der Waals surface area (Å²) in [5.41, 5.74) is 1.36. The Labute approximate surface area is 185 Å². The molecule has 1 heterocycles. The number of nitrogens with one attached hydrogen (secondary N) is 1. The predicted molar refractivity (Wildman–Crippen MR) is 115 cm³/mol. The summed E-state index contributed by atoms with van der Waals surface area (Å²) in [6.45, 7) is 2.81. The molecule has 0 aromatic heterocycles. The molecule has 0 aliphatic carbocycles. The van der Waals surface area contributed by atoms with E-state index in [9.17, 15) is 19.2 Å². The van der Waals surface area contributed by atoms with Crippen LogP contribution in [0.25, 0.3) is 0 Å². The third-order valence-corrected chi connectivity index (χ3v) is 5.34. The molecule has 1 N–H and O–H groups in total. The number of imide groups is 2. The Morgan fingerprint density at radius 2 is 1.66 bits per heavy atom. The standard InChI is InChI=1S/C23H25N3O6/c1-14(18-12-17(31-3)10-11-19(18)32-4)24-20(27)13-25-21(28)22(29)26(23(25)30)15(2)16-8-6-5-7-9-16/h5-12,14-15H,13H2,1-4H3,(H,24,27). The predicted octanol–water partition coefficient (Wildman–Crippen LogP) is 2.43. The Morgan fingerprint density at radius 3 is 2.28 bits per heavy atom. The second-order valence-electron chi connectivity index (χ2n) is 7.33. The fourth-order valence-corrected chi connectivity index (χ4v) is 3.57. The number of rotatable bonds is 8. The second-order valence-corrected chi connectivity index (χ2v) is 7.33. The average molecular weight is 439 g/mol. The summed E-state index contributed by atoms with van der Waals surface area (Å²) < 4.78 is 10.6. The number of benzene rings is 2. The molecular weight excluding hydrogens is 414 g/mol. The SMILES string of the molecule is COc1ccc(OC)c(C(C)NC(=O)CN2C(=O)C(=O)N(C(C)c3ccccc3)C2=O)c1. The van der Waals surface area contributed by atoms with Crippen molar-refractivity contribution in [3.63, 3.8) is 0 Å². The molecule has 9 heteroatoms. The van der Waals surface area contributed by atoms with Gasteiger partial charge in [0, 0.05) is 5.56 Å². The van der Waals surface area contributed by atoms with Crippen LogP contribution < -0.4 is 14.8 Å². The Kier molecular flexibility index (Phi) is 6.77. The van der Waals surface area contributed by atoms with Crippen molar-refractivity contribution in [2.75, 3.05) is 20.8 Å². The first-order valence-corrected chi connectivity index (χ1v) is 10.0. The van der Waals surface area contributed by atoms with Gasteiger partial charge in [-0.05, 0) is 37.6 Å². The van der Waals surface area contributed by atoms with Gasteiger partial charge in [-0.15, -0.1) is 0 Å². The Bertz CT molecular complexity index is 1040. The molecule has 9 nitrogen and oxygen atoms in total. The molecule has 2 atom stereocenters. The highest BCUT2D eigenvalue weighted by molar-refractivity contribution is 6.45. The molecule has 168 valence electrons. The lowest BCUT2D eigenvalue weighted by Gasteiger charge is -2.23. The van der Waals surface area contributed by atoms with Gasteiger partial charge in [0.2, 0.25) is 5.91 Å². The van der Waals surface area contributed by atoms with Gasteiger partial charge in [0.1, 0.15) is 18.0 Å². The molecule has 2 aromatic carbocycles. The first-order chi connectivity index (χ1) is 15.3. The van der Waals surface area contributed by atoms with Crippen LogP contribution >= 0.6 is 0 Å². The fraction of sp³-hybridized carbons (Fsp3) is 0.304. The van der Waals surface area contributed by atoms with E-state index >= 15 is 0 Å². The topological polar surface area (TPSA) is 105 Å². The smallest absolute Gasteiger partial charge is 0.335 e. The van der Waals surface area contributed by atoms with Crippen molar-refractivity contribution in [2.45, 2.75) is 25.9 Å². The van der Waals surface area contributed by atoms with E-state index in [-0.39, 0.29) is 0 Å². The van der Waals surface area contributed by atoms with Crippen LogP contribution in [0.4, 0.5) is 4.79 Å². The van der Waals surface area contributed by atoms with Crippen LogP contribution in [0.1, 0.15) is 37.1 Å². The average Bonchev–Trinajstić information content (AvgIpc) is 3.01. The number of hydrogen-bond acceptors (Lipinski definition) is 6. The summed E-state index contributed by atoms with van der Waals surface area (Å²) in [6.07, 6.45) is 0. The summed E-state index contributed by atoms with van der Waals surface area (Å²) >= 11 is 0. The van der Waals surface area contributed by atoms with E-state index in [4.69, 9.17) is 9.47 Å². The van der Waals surface area contributed by atoms with Crippen LogP contribution in [0.15, 0.2) is 48.5 Å². The van der Waals surface area contributed by atoms with Gasteiger partial charge in [-0.25, -0.2) is 14.6 Å². The second kappa shape index (κ2) is 9.51. The number of methoxy groups -OCH3 is 2.